The van der Waals surface area contributed by atoms with Crippen LogP contribution in [0.15, 0.2) is 29.5 Å². The fraction of sp³-hybridized carbons (Fsp3) is 0.455. The number of halogens is 1. The van der Waals surface area contributed by atoms with E-state index in [0.717, 1.165) is 12.1 Å². The minimum absolute atomic E-state index is 0.0127. The first-order valence-electron chi connectivity index (χ1n) is 5.10. The molecule has 16 heavy (non-hydrogen) atoms. The minimum atomic E-state index is -0.0127. The molecule has 0 fully saturated rings. The van der Waals surface area contributed by atoms with Crippen LogP contribution in [-0.2, 0) is 6.54 Å². The summed E-state index contributed by atoms with van der Waals surface area (Å²) in [5.74, 6) is 0. The van der Waals surface area contributed by atoms with Crippen molar-refractivity contribution >= 4 is 22.6 Å². The van der Waals surface area contributed by atoms with Crippen LogP contribution in [0.25, 0.3) is 0 Å². The van der Waals surface area contributed by atoms with Gasteiger partial charge in [-0.3, -0.25) is 9.36 Å². The lowest BCUT2D eigenvalue weighted by Gasteiger charge is -2.11. The largest absolute Gasteiger partial charge is 0.311 e. The summed E-state index contributed by atoms with van der Waals surface area (Å²) in [4.78, 5) is 15.7. The predicted octanol–water partition coefficient (Wildman–Crippen LogP) is 1.40. The van der Waals surface area contributed by atoms with Gasteiger partial charge in [-0.25, -0.2) is 4.98 Å². The molecule has 0 atom stereocenters. The van der Waals surface area contributed by atoms with Crippen molar-refractivity contribution in [1.82, 2.24) is 14.9 Å². The van der Waals surface area contributed by atoms with Gasteiger partial charge in [-0.2, -0.15) is 0 Å². The van der Waals surface area contributed by atoms with Crippen LogP contribution >= 0.6 is 22.6 Å². The number of nitrogens with one attached hydrogen (secondary N) is 1. The van der Waals surface area contributed by atoms with E-state index in [0.29, 0.717) is 16.2 Å². The Hall–Kier alpha value is -0.690. The fourth-order valence-electron chi connectivity index (χ4n) is 1.18. The van der Waals surface area contributed by atoms with Crippen molar-refractivity contribution in [3.05, 3.63) is 38.6 Å². The van der Waals surface area contributed by atoms with Crippen molar-refractivity contribution in [2.75, 3.05) is 6.54 Å². The third-order valence-electron chi connectivity index (χ3n) is 2.01. The van der Waals surface area contributed by atoms with Crippen LogP contribution in [0.5, 0.6) is 0 Å². The van der Waals surface area contributed by atoms with E-state index in [-0.39, 0.29) is 5.56 Å². The molecule has 1 rings (SSSR count). The van der Waals surface area contributed by atoms with E-state index >= 15 is 0 Å². The van der Waals surface area contributed by atoms with Gasteiger partial charge in [-0.05, 0) is 28.2 Å². The number of hydrogen-bond donors (Lipinski definition) is 1. The van der Waals surface area contributed by atoms with Gasteiger partial charge in [0.25, 0.3) is 5.56 Å². The maximum Gasteiger partial charge on any atom is 0.267 e. The highest BCUT2D eigenvalue weighted by atomic mass is 127. The molecule has 0 aliphatic rings. The zero-order chi connectivity index (χ0) is 12.1. The van der Waals surface area contributed by atoms with Gasteiger partial charge >= 0.3 is 0 Å². The van der Waals surface area contributed by atoms with Crippen molar-refractivity contribution in [2.24, 2.45) is 0 Å². The molecule has 0 spiro atoms. The first-order chi connectivity index (χ1) is 7.50. The van der Waals surface area contributed by atoms with Crippen LogP contribution in [0.3, 0.4) is 0 Å². The fourth-order valence-corrected chi connectivity index (χ4v) is 1.65. The van der Waals surface area contributed by atoms with Crippen LogP contribution in [-0.4, -0.2) is 22.1 Å². The first-order valence-corrected chi connectivity index (χ1v) is 6.18. The lowest BCUT2D eigenvalue weighted by molar-refractivity contribution is 0.597. The Morgan fingerprint density at radius 3 is 3.00 bits per heavy atom. The Kier molecular flexibility index (Phi) is 5.14. The second kappa shape index (κ2) is 6.15. The summed E-state index contributed by atoms with van der Waals surface area (Å²) in [6.07, 6.45) is 3.11. The molecule has 5 heteroatoms. The van der Waals surface area contributed by atoms with Gasteiger partial charge in [0.1, 0.15) is 0 Å². The maximum absolute atomic E-state index is 11.7. The zero-order valence-electron chi connectivity index (χ0n) is 9.53. The molecule has 0 bridgehead atoms. The van der Waals surface area contributed by atoms with Gasteiger partial charge in [0, 0.05) is 25.3 Å². The van der Waals surface area contributed by atoms with Gasteiger partial charge in [-0.1, -0.05) is 20.4 Å². The average molecular weight is 333 g/mol. The highest BCUT2D eigenvalue weighted by molar-refractivity contribution is 14.1. The van der Waals surface area contributed by atoms with Crippen molar-refractivity contribution in [3.63, 3.8) is 0 Å². The Balaban J connectivity index is 2.63. The molecule has 1 aromatic heterocycles. The highest BCUT2D eigenvalue weighted by Crippen LogP contribution is 1.97. The summed E-state index contributed by atoms with van der Waals surface area (Å²) in [5, 5.41) is 3.26. The van der Waals surface area contributed by atoms with E-state index in [1.807, 2.05) is 22.6 Å². The second-order valence-corrected chi connectivity index (χ2v) is 5.12. The molecule has 0 aliphatic carbocycles. The monoisotopic (exact) mass is 333 g/mol. The Morgan fingerprint density at radius 1 is 1.69 bits per heavy atom. The summed E-state index contributed by atoms with van der Waals surface area (Å²) in [7, 11) is 0. The van der Waals surface area contributed by atoms with Crippen molar-refractivity contribution in [3.8, 4) is 0 Å². The highest BCUT2D eigenvalue weighted by Gasteiger charge is 2.03. The van der Waals surface area contributed by atoms with E-state index in [1.54, 1.807) is 17.1 Å². The average Bonchev–Trinajstić information content (AvgIpc) is 2.22. The molecule has 4 nitrogen and oxygen atoms in total. The molecule has 0 amide bonds. The van der Waals surface area contributed by atoms with E-state index in [2.05, 4.69) is 30.7 Å². The summed E-state index contributed by atoms with van der Waals surface area (Å²) < 4.78 is 2.20. The number of hydrogen-bond acceptors (Lipinski definition) is 3. The molecule has 0 radical (unpaired) electrons. The summed E-state index contributed by atoms with van der Waals surface area (Å²) in [6.45, 7) is 9.33. The minimum Gasteiger partial charge on any atom is -0.311 e. The van der Waals surface area contributed by atoms with E-state index in [9.17, 15) is 4.79 Å². The van der Waals surface area contributed by atoms with E-state index in [1.165, 1.54) is 0 Å². The van der Waals surface area contributed by atoms with Crippen LogP contribution in [0.1, 0.15) is 13.8 Å². The third-order valence-corrected chi connectivity index (χ3v) is 2.75. The lowest BCUT2D eigenvalue weighted by atomic mass is 10.2. The topological polar surface area (TPSA) is 46.9 Å². The Morgan fingerprint density at radius 2 is 2.38 bits per heavy atom. The number of rotatable bonds is 5. The number of nitrogens with zero attached hydrogens (tertiary/aromatic N) is 2. The molecule has 0 saturated heterocycles. The zero-order valence-corrected chi connectivity index (χ0v) is 11.7. The maximum atomic E-state index is 11.7. The molecule has 1 N–H and O–H groups in total. The van der Waals surface area contributed by atoms with Crippen molar-refractivity contribution in [2.45, 2.75) is 26.4 Å². The Labute approximate surface area is 109 Å². The van der Waals surface area contributed by atoms with E-state index < -0.39 is 0 Å². The van der Waals surface area contributed by atoms with Crippen LogP contribution in [0.4, 0.5) is 0 Å². The molecule has 1 heterocycles. The number of aromatic nitrogens is 2. The van der Waals surface area contributed by atoms with Gasteiger partial charge in [0.2, 0.25) is 0 Å². The molecular formula is C11H16IN3O. The molecule has 0 aliphatic heterocycles. The summed E-state index contributed by atoms with van der Waals surface area (Å²) in [6, 6.07) is 0.419. The molecular weight excluding hydrogens is 317 g/mol. The van der Waals surface area contributed by atoms with Gasteiger partial charge in [-0.15, -0.1) is 0 Å². The third kappa shape index (κ3) is 4.05. The molecule has 1 aromatic rings. The second-order valence-electron chi connectivity index (χ2n) is 3.96. The van der Waals surface area contributed by atoms with Gasteiger partial charge < -0.3 is 5.32 Å². The molecule has 88 valence electrons. The van der Waals surface area contributed by atoms with Crippen molar-refractivity contribution in [1.29, 1.82) is 0 Å². The van der Waals surface area contributed by atoms with Gasteiger partial charge in [0.05, 0.1) is 9.90 Å². The summed E-state index contributed by atoms with van der Waals surface area (Å²) in [5.41, 5.74) is 0.959. The smallest absolute Gasteiger partial charge is 0.267 e. The van der Waals surface area contributed by atoms with Crippen LogP contribution in [0.2, 0.25) is 0 Å². The standard InChI is InChI=1S/C11H16IN3O/c1-8(2)14-4-9(3)6-15-7-13-5-10(12)11(15)16/h5,7-8,14H,3-4,6H2,1-2H3. The molecule has 0 unspecified atom stereocenters. The summed E-state index contributed by atoms with van der Waals surface area (Å²) >= 11 is 1.99. The SMILES string of the molecule is C=C(CNC(C)C)Cn1cncc(I)c1=O. The van der Waals surface area contributed by atoms with E-state index in [4.69, 9.17) is 0 Å². The van der Waals surface area contributed by atoms with Crippen molar-refractivity contribution < 1.29 is 0 Å². The first kappa shape index (κ1) is 13.4. The molecule has 0 aromatic carbocycles. The predicted molar refractivity (Wildman–Crippen MR) is 73.5 cm³/mol. The van der Waals surface area contributed by atoms with Gasteiger partial charge in [0.15, 0.2) is 0 Å². The lowest BCUT2D eigenvalue weighted by Crippen LogP contribution is -2.29. The Bertz CT molecular complexity index is 425. The van der Waals surface area contributed by atoms with Crippen LogP contribution < -0.4 is 10.9 Å². The quantitative estimate of drug-likeness (QED) is 0.655. The normalized spacial score (nSPS) is 10.8. The van der Waals surface area contributed by atoms with Crippen LogP contribution in [0, 0.1) is 3.57 Å². The molecule has 0 saturated carbocycles.